The van der Waals surface area contributed by atoms with Crippen LogP contribution in [0.4, 0.5) is 0 Å². The molecule has 0 radical (unpaired) electrons. The van der Waals surface area contributed by atoms with Gasteiger partial charge in [-0.1, -0.05) is 61.5 Å². The van der Waals surface area contributed by atoms with Crippen molar-refractivity contribution in [2.75, 3.05) is 0 Å². The number of hydrogen-bond acceptors (Lipinski definition) is 2. The van der Waals surface area contributed by atoms with Gasteiger partial charge in [0.25, 0.3) is 0 Å². The van der Waals surface area contributed by atoms with Crippen molar-refractivity contribution in [3.63, 3.8) is 0 Å². The summed E-state index contributed by atoms with van der Waals surface area (Å²) in [7, 11) is 0. The Labute approximate surface area is 120 Å². The van der Waals surface area contributed by atoms with Crippen molar-refractivity contribution in [2.24, 2.45) is 0 Å². The molecule has 1 aliphatic carbocycles. The Kier molecular flexibility index (Phi) is 3.86. The van der Waals surface area contributed by atoms with E-state index in [0.717, 1.165) is 17.5 Å². The molecule has 0 bridgehead atoms. The minimum atomic E-state index is -0.522. The third kappa shape index (κ3) is 2.62. The van der Waals surface area contributed by atoms with E-state index in [-0.39, 0.29) is 6.10 Å². The molecule has 0 saturated heterocycles. The lowest BCUT2D eigenvalue weighted by Crippen LogP contribution is -2.29. The van der Waals surface area contributed by atoms with Crippen LogP contribution in [0.15, 0.2) is 54.6 Å². The molecule has 2 aromatic rings. The van der Waals surface area contributed by atoms with E-state index in [1.807, 2.05) is 48.5 Å². The van der Waals surface area contributed by atoms with E-state index in [4.69, 9.17) is 4.74 Å². The number of aliphatic hydroxyl groups is 1. The zero-order valence-corrected chi connectivity index (χ0v) is 11.7. The van der Waals surface area contributed by atoms with Crippen molar-refractivity contribution in [2.45, 2.75) is 38.1 Å². The lowest BCUT2D eigenvalue weighted by Gasteiger charge is -2.34. The van der Waals surface area contributed by atoms with E-state index in [2.05, 4.69) is 13.0 Å². The molecule has 0 spiro atoms. The standard InChI is InChI=1S/C18H20O2/c1-13-11-17(20-12-14-7-3-2-4-8-14)18(19)16-10-6-5-9-15(13)16/h2-10,13,17-19H,11-12H2,1H3. The van der Waals surface area contributed by atoms with Gasteiger partial charge in [0.15, 0.2) is 0 Å². The van der Waals surface area contributed by atoms with E-state index in [1.54, 1.807) is 0 Å². The summed E-state index contributed by atoms with van der Waals surface area (Å²) in [6.45, 7) is 2.75. The summed E-state index contributed by atoms with van der Waals surface area (Å²) < 4.78 is 5.96. The fourth-order valence-electron chi connectivity index (χ4n) is 2.97. The highest BCUT2D eigenvalue weighted by atomic mass is 16.5. The Hall–Kier alpha value is -1.64. The third-order valence-corrected chi connectivity index (χ3v) is 4.09. The minimum Gasteiger partial charge on any atom is -0.386 e. The molecule has 3 atom stereocenters. The highest BCUT2D eigenvalue weighted by molar-refractivity contribution is 5.35. The van der Waals surface area contributed by atoms with Gasteiger partial charge >= 0.3 is 0 Å². The predicted molar refractivity (Wildman–Crippen MR) is 79.5 cm³/mol. The zero-order chi connectivity index (χ0) is 13.9. The molecule has 2 heteroatoms. The van der Waals surface area contributed by atoms with E-state index < -0.39 is 6.10 Å². The topological polar surface area (TPSA) is 29.5 Å². The second-order valence-corrected chi connectivity index (χ2v) is 5.55. The molecular weight excluding hydrogens is 248 g/mol. The summed E-state index contributed by atoms with van der Waals surface area (Å²) in [6, 6.07) is 18.2. The van der Waals surface area contributed by atoms with Crippen molar-refractivity contribution < 1.29 is 9.84 Å². The highest BCUT2D eigenvalue weighted by Gasteiger charge is 2.32. The van der Waals surface area contributed by atoms with E-state index in [0.29, 0.717) is 12.5 Å². The molecule has 0 amide bonds. The maximum absolute atomic E-state index is 10.5. The van der Waals surface area contributed by atoms with Crippen LogP contribution >= 0.6 is 0 Å². The molecule has 2 nitrogen and oxygen atoms in total. The Balaban J connectivity index is 1.73. The van der Waals surface area contributed by atoms with Crippen LogP contribution in [-0.2, 0) is 11.3 Å². The maximum atomic E-state index is 10.5. The highest BCUT2D eigenvalue weighted by Crippen LogP contribution is 2.38. The summed E-state index contributed by atoms with van der Waals surface area (Å²) in [5.41, 5.74) is 3.41. The van der Waals surface area contributed by atoms with Crippen LogP contribution in [0.5, 0.6) is 0 Å². The van der Waals surface area contributed by atoms with Crippen molar-refractivity contribution in [1.82, 2.24) is 0 Å². The smallest absolute Gasteiger partial charge is 0.105 e. The van der Waals surface area contributed by atoms with Gasteiger partial charge in [-0.25, -0.2) is 0 Å². The first kappa shape index (κ1) is 13.3. The number of hydrogen-bond donors (Lipinski definition) is 1. The van der Waals surface area contributed by atoms with Gasteiger partial charge in [0.2, 0.25) is 0 Å². The monoisotopic (exact) mass is 268 g/mol. The van der Waals surface area contributed by atoms with Crippen LogP contribution in [-0.4, -0.2) is 11.2 Å². The Morgan fingerprint density at radius 1 is 1.00 bits per heavy atom. The molecule has 0 aromatic heterocycles. The van der Waals surface area contributed by atoms with Gasteiger partial charge in [-0.15, -0.1) is 0 Å². The fourth-order valence-corrected chi connectivity index (χ4v) is 2.97. The summed E-state index contributed by atoms with van der Waals surface area (Å²) >= 11 is 0. The number of benzene rings is 2. The molecule has 0 saturated carbocycles. The second kappa shape index (κ2) is 5.78. The summed E-state index contributed by atoms with van der Waals surface area (Å²) in [5, 5.41) is 10.5. The number of rotatable bonds is 3. The second-order valence-electron chi connectivity index (χ2n) is 5.55. The van der Waals surface area contributed by atoms with Crippen LogP contribution in [0.25, 0.3) is 0 Å². The molecule has 0 aliphatic heterocycles. The Morgan fingerprint density at radius 3 is 2.40 bits per heavy atom. The molecule has 1 aliphatic rings. The van der Waals surface area contributed by atoms with Gasteiger partial charge in [-0.05, 0) is 29.0 Å². The van der Waals surface area contributed by atoms with Gasteiger partial charge < -0.3 is 9.84 Å². The average Bonchev–Trinajstić information content (AvgIpc) is 2.50. The van der Waals surface area contributed by atoms with Crippen molar-refractivity contribution >= 4 is 0 Å². The van der Waals surface area contributed by atoms with Gasteiger partial charge in [0.1, 0.15) is 6.10 Å². The lowest BCUT2D eigenvalue weighted by molar-refractivity contribution is -0.0602. The van der Waals surface area contributed by atoms with Gasteiger partial charge in [0, 0.05) is 0 Å². The number of fused-ring (bicyclic) bond motifs is 1. The van der Waals surface area contributed by atoms with Crippen LogP contribution < -0.4 is 0 Å². The summed E-state index contributed by atoms with van der Waals surface area (Å²) in [5.74, 6) is 0.426. The Bertz CT molecular complexity index is 565. The molecule has 3 rings (SSSR count). The normalized spacial score (nSPS) is 25.2. The average molecular weight is 268 g/mol. The molecule has 1 N–H and O–H groups in total. The van der Waals surface area contributed by atoms with Crippen molar-refractivity contribution in [3.8, 4) is 0 Å². The van der Waals surface area contributed by atoms with Crippen molar-refractivity contribution in [3.05, 3.63) is 71.3 Å². The Morgan fingerprint density at radius 2 is 1.65 bits per heavy atom. The molecule has 104 valence electrons. The van der Waals surface area contributed by atoms with Crippen LogP contribution in [0, 0.1) is 0 Å². The van der Waals surface area contributed by atoms with Crippen molar-refractivity contribution in [1.29, 1.82) is 0 Å². The largest absolute Gasteiger partial charge is 0.386 e. The first-order chi connectivity index (χ1) is 9.75. The number of aliphatic hydroxyl groups excluding tert-OH is 1. The molecular formula is C18H20O2. The summed E-state index contributed by atoms with van der Waals surface area (Å²) in [6.07, 6.45) is 0.219. The number of ether oxygens (including phenoxy) is 1. The van der Waals surface area contributed by atoms with Gasteiger partial charge in [0.05, 0.1) is 12.7 Å². The van der Waals surface area contributed by atoms with Gasteiger partial charge in [-0.2, -0.15) is 0 Å². The predicted octanol–water partition coefficient (Wildman–Crippen LogP) is 3.81. The third-order valence-electron chi connectivity index (χ3n) is 4.09. The lowest BCUT2D eigenvalue weighted by atomic mass is 9.80. The van der Waals surface area contributed by atoms with Crippen LogP contribution in [0.2, 0.25) is 0 Å². The molecule has 3 unspecified atom stereocenters. The first-order valence-corrected chi connectivity index (χ1v) is 7.18. The van der Waals surface area contributed by atoms with E-state index >= 15 is 0 Å². The van der Waals surface area contributed by atoms with E-state index in [9.17, 15) is 5.11 Å². The molecule has 0 fully saturated rings. The zero-order valence-electron chi connectivity index (χ0n) is 11.7. The first-order valence-electron chi connectivity index (χ1n) is 7.18. The molecule has 0 heterocycles. The quantitative estimate of drug-likeness (QED) is 0.917. The summed E-state index contributed by atoms with van der Waals surface area (Å²) in [4.78, 5) is 0. The van der Waals surface area contributed by atoms with Crippen LogP contribution in [0.1, 0.15) is 42.1 Å². The molecule has 20 heavy (non-hydrogen) atoms. The maximum Gasteiger partial charge on any atom is 0.105 e. The minimum absolute atomic E-state index is 0.125. The SMILES string of the molecule is CC1CC(OCc2ccccc2)C(O)c2ccccc21. The fraction of sp³-hybridized carbons (Fsp3) is 0.333. The van der Waals surface area contributed by atoms with E-state index in [1.165, 1.54) is 5.56 Å². The molecule has 2 aromatic carbocycles. The van der Waals surface area contributed by atoms with Crippen LogP contribution in [0.3, 0.4) is 0 Å². The van der Waals surface area contributed by atoms with Gasteiger partial charge in [-0.3, -0.25) is 0 Å².